The number of fused-ring (bicyclic) bond motifs is 1. The SMILES string of the molecule is O=[N+]([O-])c1ccc(-c2nc(=S)c3c(n2Cc2ccccc2)CCCC3)cc1. The number of nitro groups is 1. The third-order valence-electron chi connectivity index (χ3n) is 5.01. The second kappa shape index (κ2) is 7.40. The van der Waals surface area contributed by atoms with Crippen LogP contribution in [0.25, 0.3) is 11.4 Å². The van der Waals surface area contributed by atoms with E-state index >= 15 is 0 Å². The Labute approximate surface area is 162 Å². The smallest absolute Gasteiger partial charge is 0.269 e. The molecule has 0 radical (unpaired) electrons. The van der Waals surface area contributed by atoms with Crippen LogP contribution in [0.1, 0.15) is 29.7 Å². The molecule has 136 valence electrons. The van der Waals surface area contributed by atoms with Crippen LogP contribution >= 0.6 is 12.2 Å². The van der Waals surface area contributed by atoms with E-state index in [1.54, 1.807) is 12.1 Å². The Hall–Kier alpha value is -2.86. The second-order valence-electron chi connectivity index (χ2n) is 6.75. The van der Waals surface area contributed by atoms with Crippen LogP contribution in [0.2, 0.25) is 0 Å². The van der Waals surface area contributed by atoms with Crippen LogP contribution in [-0.4, -0.2) is 14.5 Å². The molecule has 27 heavy (non-hydrogen) atoms. The number of nitro benzene ring substituents is 1. The van der Waals surface area contributed by atoms with E-state index in [1.165, 1.54) is 29.0 Å². The number of non-ortho nitro benzene ring substituents is 1. The van der Waals surface area contributed by atoms with Crippen LogP contribution in [0.4, 0.5) is 5.69 Å². The Morgan fingerprint density at radius 2 is 1.74 bits per heavy atom. The third kappa shape index (κ3) is 3.53. The lowest BCUT2D eigenvalue weighted by Crippen LogP contribution is -2.18. The van der Waals surface area contributed by atoms with Crippen molar-refractivity contribution in [1.82, 2.24) is 9.55 Å². The zero-order valence-corrected chi connectivity index (χ0v) is 15.6. The predicted octanol–water partition coefficient (Wildman–Crippen LogP) is 5.11. The summed E-state index contributed by atoms with van der Waals surface area (Å²) in [6.07, 6.45) is 4.23. The Morgan fingerprint density at radius 1 is 1.04 bits per heavy atom. The van der Waals surface area contributed by atoms with Gasteiger partial charge in [-0.15, -0.1) is 0 Å². The molecular formula is C21H19N3O2S. The third-order valence-corrected chi connectivity index (χ3v) is 5.34. The zero-order chi connectivity index (χ0) is 18.8. The van der Waals surface area contributed by atoms with E-state index in [1.807, 2.05) is 18.2 Å². The van der Waals surface area contributed by atoms with Crippen LogP contribution in [0.5, 0.6) is 0 Å². The van der Waals surface area contributed by atoms with Gasteiger partial charge < -0.3 is 4.57 Å². The topological polar surface area (TPSA) is 61.0 Å². The van der Waals surface area contributed by atoms with Crippen molar-refractivity contribution in [3.8, 4) is 11.4 Å². The van der Waals surface area contributed by atoms with E-state index < -0.39 is 0 Å². The average Bonchev–Trinajstić information content (AvgIpc) is 2.71. The molecule has 0 bridgehead atoms. The second-order valence-corrected chi connectivity index (χ2v) is 7.14. The van der Waals surface area contributed by atoms with Gasteiger partial charge in [0.25, 0.3) is 5.69 Å². The molecule has 5 nitrogen and oxygen atoms in total. The minimum Gasteiger partial charge on any atom is -0.325 e. The minimum atomic E-state index is -0.388. The Kier molecular flexibility index (Phi) is 4.81. The first-order valence-electron chi connectivity index (χ1n) is 9.05. The van der Waals surface area contributed by atoms with Gasteiger partial charge >= 0.3 is 0 Å². The zero-order valence-electron chi connectivity index (χ0n) is 14.8. The van der Waals surface area contributed by atoms with Crippen molar-refractivity contribution in [3.63, 3.8) is 0 Å². The van der Waals surface area contributed by atoms with E-state index in [-0.39, 0.29) is 10.6 Å². The molecule has 0 aliphatic heterocycles. The molecule has 2 aromatic carbocycles. The van der Waals surface area contributed by atoms with Gasteiger partial charge in [0.1, 0.15) is 10.5 Å². The van der Waals surface area contributed by atoms with Crippen molar-refractivity contribution in [2.45, 2.75) is 32.2 Å². The number of aromatic nitrogens is 2. The summed E-state index contributed by atoms with van der Waals surface area (Å²) in [4.78, 5) is 15.3. The maximum atomic E-state index is 11.0. The van der Waals surface area contributed by atoms with Crippen molar-refractivity contribution in [2.24, 2.45) is 0 Å². The molecule has 4 rings (SSSR count). The molecule has 0 spiro atoms. The molecule has 0 saturated heterocycles. The van der Waals surface area contributed by atoms with E-state index in [9.17, 15) is 10.1 Å². The fraction of sp³-hybridized carbons (Fsp3) is 0.238. The molecule has 1 aliphatic carbocycles. The average molecular weight is 377 g/mol. The van der Waals surface area contributed by atoms with Crippen LogP contribution in [0.15, 0.2) is 54.6 Å². The first-order chi connectivity index (χ1) is 13.1. The van der Waals surface area contributed by atoms with Gasteiger partial charge in [-0.05, 0) is 43.4 Å². The fourth-order valence-corrected chi connectivity index (χ4v) is 3.96. The summed E-state index contributed by atoms with van der Waals surface area (Å²) in [6.45, 7) is 0.706. The summed E-state index contributed by atoms with van der Waals surface area (Å²) in [5.41, 5.74) is 4.54. The Bertz CT molecular complexity index is 1040. The molecule has 0 atom stereocenters. The van der Waals surface area contributed by atoms with Gasteiger partial charge in [-0.3, -0.25) is 10.1 Å². The minimum absolute atomic E-state index is 0.0740. The first-order valence-corrected chi connectivity index (χ1v) is 9.45. The van der Waals surface area contributed by atoms with Crippen molar-refractivity contribution < 1.29 is 4.92 Å². The lowest BCUT2D eigenvalue weighted by atomic mass is 9.96. The van der Waals surface area contributed by atoms with Gasteiger partial charge in [-0.25, -0.2) is 4.98 Å². The highest BCUT2D eigenvalue weighted by molar-refractivity contribution is 7.71. The summed E-state index contributed by atoms with van der Waals surface area (Å²) >= 11 is 5.59. The Morgan fingerprint density at radius 3 is 2.44 bits per heavy atom. The lowest BCUT2D eigenvalue weighted by Gasteiger charge is -2.24. The number of hydrogen-bond acceptors (Lipinski definition) is 4. The molecule has 0 fully saturated rings. The predicted molar refractivity (Wildman–Crippen MR) is 107 cm³/mol. The lowest BCUT2D eigenvalue weighted by molar-refractivity contribution is -0.384. The van der Waals surface area contributed by atoms with Crippen molar-refractivity contribution in [1.29, 1.82) is 0 Å². The molecule has 6 heteroatoms. The van der Waals surface area contributed by atoms with Gasteiger partial charge in [0.2, 0.25) is 0 Å². The highest BCUT2D eigenvalue weighted by Gasteiger charge is 2.20. The summed E-state index contributed by atoms with van der Waals surface area (Å²) in [6, 6.07) is 16.8. The van der Waals surface area contributed by atoms with E-state index in [2.05, 4.69) is 16.7 Å². The molecule has 0 unspecified atom stereocenters. The highest BCUT2D eigenvalue weighted by Crippen LogP contribution is 2.29. The largest absolute Gasteiger partial charge is 0.325 e. The van der Waals surface area contributed by atoms with E-state index in [0.29, 0.717) is 11.2 Å². The van der Waals surface area contributed by atoms with E-state index in [4.69, 9.17) is 17.2 Å². The van der Waals surface area contributed by atoms with Crippen LogP contribution in [0, 0.1) is 14.8 Å². The Balaban J connectivity index is 1.88. The van der Waals surface area contributed by atoms with Gasteiger partial charge in [0, 0.05) is 35.5 Å². The van der Waals surface area contributed by atoms with Gasteiger partial charge in [-0.2, -0.15) is 0 Å². The maximum absolute atomic E-state index is 11.0. The van der Waals surface area contributed by atoms with Crippen molar-refractivity contribution >= 4 is 17.9 Å². The maximum Gasteiger partial charge on any atom is 0.269 e. The number of rotatable bonds is 4. The van der Waals surface area contributed by atoms with Crippen molar-refractivity contribution in [2.75, 3.05) is 0 Å². The molecule has 1 heterocycles. The van der Waals surface area contributed by atoms with Crippen LogP contribution in [-0.2, 0) is 19.4 Å². The molecular weight excluding hydrogens is 358 g/mol. The molecule has 1 aromatic heterocycles. The van der Waals surface area contributed by atoms with E-state index in [0.717, 1.165) is 37.1 Å². The van der Waals surface area contributed by atoms with Crippen molar-refractivity contribution in [3.05, 3.63) is 86.2 Å². The number of hydrogen-bond donors (Lipinski definition) is 0. The highest BCUT2D eigenvalue weighted by atomic mass is 32.1. The standard InChI is InChI=1S/C21H19N3O2S/c25-24(26)17-12-10-16(11-13-17)20-22-21(27)18-8-4-5-9-19(18)23(20)14-15-6-2-1-3-7-15/h1-3,6-7,10-13H,4-5,8-9,14H2. The van der Waals surface area contributed by atoms with Gasteiger partial charge in [0.15, 0.2) is 0 Å². The summed E-state index contributed by atoms with van der Waals surface area (Å²) < 4.78 is 2.89. The normalized spacial score (nSPS) is 13.2. The van der Waals surface area contributed by atoms with Crippen LogP contribution in [0.3, 0.4) is 0 Å². The fourth-order valence-electron chi connectivity index (χ4n) is 3.66. The number of nitrogens with zero attached hydrogens (tertiary/aromatic N) is 3. The van der Waals surface area contributed by atoms with Gasteiger partial charge in [0.05, 0.1) is 4.92 Å². The molecule has 0 saturated carbocycles. The van der Waals surface area contributed by atoms with Crippen LogP contribution < -0.4 is 0 Å². The molecule has 0 N–H and O–H groups in total. The summed E-state index contributed by atoms with van der Waals surface area (Å²) in [5.74, 6) is 0.777. The first kappa shape index (κ1) is 17.5. The number of benzene rings is 2. The quantitative estimate of drug-likeness (QED) is 0.360. The molecule has 1 aliphatic rings. The molecule has 0 amide bonds. The summed E-state index contributed by atoms with van der Waals surface area (Å²) in [7, 11) is 0. The molecule has 3 aromatic rings. The summed E-state index contributed by atoms with van der Waals surface area (Å²) in [5, 5.41) is 11.0. The van der Waals surface area contributed by atoms with Gasteiger partial charge in [-0.1, -0.05) is 42.5 Å². The monoisotopic (exact) mass is 377 g/mol.